The van der Waals surface area contributed by atoms with E-state index in [4.69, 9.17) is 0 Å². The Kier molecular flexibility index (Phi) is 11.6. The van der Waals surface area contributed by atoms with Crippen molar-refractivity contribution < 1.29 is 56.8 Å². The molecule has 2 aromatic rings. The molecule has 184 valence electrons. The van der Waals surface area contributed by atoms with Gasteiger partial charge in [-0.3, -0.25) is 0 Å². The molecule has 0 aromatic heterocycles. The molecule has 0 spiro atoms. The summed E-state index contributed by atoms with van der Waals surface area (Å²) in [5.41, 5.74) is 6.92. The minimum absolute atomic E-state index is 0. The summed E-state index contributed by atoms with van der Waals surface area (Å²) in [5, 5.41) is 0. The molecule has 2 unspecified atom stereocenters. The Bertz CT molecular complexity index is 1090. The number of hydrogen-bond donors (Lipinski definition) is 0. The summed E-state index contributed by atoms with van der Waals surface area (Å²) in [6, 6.07) is 17.1. The van der Waals surface area contributed by atoms with Gasteiger partial charge in [-0.1, -0.05) is 18.5 Å². The monoisotopic (exact) mass is 606 g/mol. The summed E-state index contributed by atoms with van der Waals surface area (Å²) in [7, 11) is 0.605. The zero-order valence-corrected chi connectivity index (χ0v) is 26.2. The first-order valence-corrected chi connectivity index (χ1v) is 16.5. The fourth-order valence-electron chi connectivity index (χ4n) is 4.64. The van der Waals surface area contributed by atoms with Crippen LogP contribution in [0.1, 0.15) is 45.2 Å². The Labute approximate surface area is 235 Å². The van der Waals surface area contributed by atoms with Gasteiger partial charge in [0, 0.05) is 9.52 Å². The Morgan fingerprint density at radius 3 is 1.43 bits per heavy atom. The van der Waals surface area contributed by atoms with Crippen LogP contribution in [0.3, 0.4) is 0 Å². The second-order valence-electron chi connectivity index (χ2n) is 9.38. The molecule has 1 heterocycles. The summed E-state index contributed by atoms with van der Waals surface area (Å²) in [6.45, 7) is 8.88. The maximum atomic E-state index is 13.7. The molecule has 2 aliphatic carbocycles. The van der Waals surface area contributed by atoms with Crippen molar-refractivity contribution in [2.75, 3.05) is 0 Å². The van der Waals surface area contributed by atoms with E-state index in [0.717, 1.165) is 11.1 Å². The predicted octanol–water partition coefficient (Wildman–Crippen LogP) is 1.77. The van der Waals surface area contributed by atoms with Crippen molar-refractivity contribution in [2.45, 2.75) is 46.2 Å². The van der Waals surface area contributed by atoms with Gasteiger partial charge in [0.15, 0.2) is 0 Å². The van der Waals surface area contributed by atoms with E-state index in [2.05, 4.69) is 39.8 Å². The van der Waals surface area contributed by atoms with Crippen molar-refractivity contribution in [2.24, 2.45) is 11.8 Å². The van der Waals surface area contributed by atoms with E-state index >= 15 is 0 Å². The third-order valence-corrected chi connectivity index (χ3v) is 14.3. The van der Waals surface area contributed by atoms with Gasteiger partial charge in [-0.05, 0) is 0 Å². The first-order valence-electron chi connectivity index (χ1n) is 12.0. The molecule has 0 bridgehead atoms. The normalized spacial score (nSPS) is 20.5. The molecule has 0 amide bonds. The SMILES string of the molecule is C1C[SiH2]C1.CC1=[C]([Zr+2][C]2=C(C)C(c3cccc(F)c3)=CC2C)C(C)C=C1c1cccc(F)c1.[Cl-].[Cl-]. The zero-order chi connectivity index (χ0) is 23.5. The fourth-order valence-corrected chi connectivity index (χ4v) is 8.96. The summed E-state index contributed by atoms with van der Waals surface area (Å²) >= 11 is -0.997. The van der Waals surface area contributed by atoms with E-state index in [1.807, 2.05) is 12.1 Å². The molecule has 35 heavy (non-hydrogen) atoms. The van der Waals surface area contributed by atoms with Gasteiger partial charge in [-0.2, -0.15) is 0 Å². The van der Waals surface area contributed by atoms with Gasteiger partial charge >= 0.3 is 184 Å². The Hall–Kier alpha value is -1.06. The third-order valence-electron chi connectivity index (χ3n) is 6.90. The summed E-state index contributed by atoms with van der Waals surface area (Å²) in [4.78, 5) is 0. The molecule has 2 aromatic carbocycles. The molecule has 0 nitrogen and oxygen atoms in total. The first kappa shape index (κ1) is 30.2. The van der Waals surface area contributed by atoms with E-state index in [-0.39, 0.29) is 36.4 Å². The number of hydrogen-bond acceptors (Lipinski definition) is 0. The molecule has 6 heteroatoms. The summed E-state index contributed by atoms with van der Waals surface area (Å²) in [5.74, 6) is 0.407. The molecular weight excluding hydrogens is 577 g/mol. The van der Waals surface area contributed by atoms with Crippen molar-refractivity contribution >= 4 is 20.7 Å². The van der Waals surface area contributed by atoms with Gasteiger partial charge in [-0.25, -0.2) is 0 Å². The third kappa shape index (κ3) is 7.04. The zero-order valence-electron chi connectivity index (χ0n) is 20.8. The molecule has 0 N–H and O–H groups in total. The molecule has 1 saturated heterocycles. The predicted molar refractivity (Wildman–Crippen MR) is 135 cm³/mol. The van der Waals surface area contributed by atoms with Gasteiger partial charge in [0.05, 0.1) is 0 Å². The number of allylic oxidation sites excluding steroid dienone is 8. The first-order chi connectivity index (χ1) is 15.8. The van der Waals surface area contributed by atoms with Crippen molar-refractivity contribution in [3.8, 4) is 0 Å². The summed E-state index contributed by atoms with van der Waals surface area (Å²) in [6.07, 6.45) is 6.14. The van der Waals surface area contributed by atoms with E-state index in [1.165, 1.54) is 34.4 Å². The Morgan fingerprint density at radius 2 is 1.11 bits per heavy atom. The van der Waals surface area contributed by atoms with Crippen LogP contribution in [0.4, 0.5) is 8.78 Å². The van der Waals surface area contributed by atoms with Crippen LogP contribution in [0.5, 0.6) is 0 Å². The smallest absolute Gasteiger partial charge is 1.00 e. The van der Waals surface area contributed by atoms with Crippen LogP contribution >= 0.6 is 0 Å². The van der Waals surface area contributed by atoms with Crippen LogP contribution < -0.4 is 24.8 Å². The quantitative estimate of drug-likeness (QED) is 0.465. The van der Waals surface area contributed by atoms with Gasteiger partial charge < -0.3 is 24.8 Å². The van der Waals surface area contributed by atoms with E-state index in [0.29, 0.717) is 21.4 Å². The molecule has 5 rings (SSSR count). The average molecular weight is 609 g/mol. The van der Waals surface area contributed by atoms with Crippen molar-refractivity contribution in [3.05, 3.63) is 101 Å². The van der Waals surface area contributed by atoms with Gasteiger partial charge in [0.2, 0.25) is 0 Å². The molecule has 1 aliphatic heterocycles. The van der Waals surface area contributed by atoms with Crippen molar-refractivity contribution in [1.29, 1.82) is 0 Å². The number of halogens is 4. The van der Waals surface area contributed by atoms with Crippen LogP contribution in [0, 0.1) is 23.5 Å². The van der Waals surface area contributed by atoms with E-state index in [1.54, 1.807) is 49.3 Å². The molecule has 3 aliphatic rings. The topological polar surface area (TPSA) is 0 Å². The van der Waals surface area contributed by atoms with Crippen LogP contribution in [-0.2, 0) is 23.2 Å². The fraction of sp³-hybridized carbons (Fsp3) is 0.310. The maximum Gasteiger partial charge on any atom is -1.00 e. The second kappa shape index (κ2) is 13.5. The number of benzene rings is 2. The van der Waals surface area contributed by atoms with Crippen LogP contribution in [-0.4, -0.2) is 9.52 Å². The van der Waals surface area contributed by atoms with Crippen LogP contribution in [0.2, 0.25) is 12.1 Å². The van der Waals surface area contributed by atoms with Gasteiger partial charge in [0.25, 0.3) is 0 Å². The maximum absolute atomic E-state index is 13.7. The standard InChI is InChI=1S/2C13H12F.C3H8Si.2ClH.Zr/c2*1-9-6-10(2)13(7-9)11-4-3-5-12(14)8-11;1-2-4-3-1;;;/h2*3-5,7-9H,1-2H3;1-4H2;2*1H;/q;;;;;+2/p-2. The van der Waals surface area contributed by atoms with Crippen molar-refractivity contribution in [1.82, 2.24) is 0 Å². The largest absolute Gasteiger partial charge is 1.00 e. The molecule has 1 fully saturated rings. The van der Waals surface area contributed by atoms with Gasteiger partial charge in [0.1, 0.15) is 0 Å². The Morgan fingerprint density at radius 1 is 0.743 bits per heavy atom. The Balaban J connectivity index is 0.000000655. The van der Waals surface area contributed by atoms with E-state index in [9.17, 15) is 8.78 Å². The van der Waals surface area contributed by atoms with Crippen molar-refractivity contribution in [3.63, 3.8) is 0 Å². The number of rotatable bonds is 4. The van der Waals surface area contributed by atoms with Crippen LogP contribution in [0.15, 0.2) is 78.4 Å². The minimum atomic E-state index is -0.997. The summed E-state index contributed by atoms with van der Waals surface area (Å²) < 4.78 is 30.6. The minimum Gasteiger partial charge on any atom is -1.00 e. The van der Waals surface area contributed by atoms with Crippen LogP contribution in [0.25, 0.3) is 11.1 Å². The second-order valence-corrected chi connectivity index (χ2v) is 14.8. The molecule has 2 atom stereocenters. The average Bonchev–Trinajstić information content (AvgIpc) is 3.17. The molecule has 0 saturated carbocycles. The van der Waals surface area contributed by atoms with Gasteiger partial charge in [-0.15, -0.1) is 0 Å². The molecular formula is C29H32Cl2F2SiZr. The molecule has 0 radical (unpaired) electrons. The van der Waals surface area contributed by atoms with E-state index < -0.39 is 23.2 Å².